The van der Waals surface area contributed by atoms with Crippen molar-refractivity contribution in [3.05, 3.63) is 35.1 Å². The summed E-state index contributed by atoms with van der Waals surface area (Å²) in [5.74, 6) is -3.17. The summed E-state index contributed by atoms with van der Waals surface area (Å²) in [5, 5.41) is 18.4. The lowest BCUT2D eigenvalue weighted by Gasteiger charge is -2.62. The van der Waals surface area contributed by atoms with Crippen LogP contribution < -0.4 is 20.9 Å². The number of aliphatic carboxylic acids is 2. The molecule has 0 amide bonds. The average Bonchev–Trinajstić information content (AvgIpc) is 3.23. The van der Waals surface area contributed by atoms with E-state index in [0.29, 0.717) is 30.9 Å². The molecule has 39 heavy (non-hydrogen) atoms. The molecule has 1 aromatic rings. The van der Waals surface area contributed by atoms with E-state index >= 15 is 0 Å². The number of ether oxygens (including phenoxy) is 4. The van der Waals surface area contributed by atoms with Gasteiger partial charge in [0.1, 0.15) is 23.4 Å². The summed E-state index contributed by atoms with van der Waals surface area (Å²) in [7, 11) is 3.44. The zero-order chi connectivity index (χ0) is 28.3. The number of piperidine rings is 1. The molecule has 13 heteroatoms. The van der Waals surface area contributed by atoms with Gasteiger partial charge in [-0.15, -0.1) is 0 Å². The van der Waals surface area contributed by atoms with Crippen molar-refractivity contribution in [1.82, 2.24) is 4.90 Å². The summed E-state index contributed by atoms with van der Waals surface area (Å²) >= 11 is 0. The van der Waals surface area contributed by atoms with E-state index in [0.717, 1.165) is 11.1 Å². The first-order chi connectivity index (χ1) is 18.4. The molecule has 2 aliphatic carbocycles. The molecule has 13 nitrogen and oxygen atoms in total. The van der Waals surface area contributed by atoms with Crippen LogP contribution in [0, 0.1) is 0 Å². The molecule has 2 bridgehead atoms. The molecule has 4 aliphatic rings. The number of nitrogens with two attached hydrogens (primary N) is 2. The standard InChI is InChI=1S/C26H31N3O10/c1-29-8-7-25-20-12-3-4-15(36-2)21(20)38-22(25)16(37-18(30)10-13(27)23(32)33)5-6-26(25,17(29)9-12)39-19(31)11-14(28)24(34)35/h3-5,13-14,17,22H,6-11,27-28H2,1-2H3,(H,32,33)(H,34,35)/t13-,14-,17+,22?,25?,26+/m0/s1. The number of benzene rings is 1. The highest BCUT2D eigenvalue weighted by molar-refractivity contribution is 5.83. The predicted octanol–water partition coefficient (Wildman–Crippen LogP) is -0.329. The van der Waals surface area contributed by atoms with Crippen LogP contribution in [0.2, 0.25) is 0 Å². The number of methoxy groups -OCH3 is 1. The predicted molar refractivity (Wildman–Crippen MR) is 132 cm³/mol. The van der Waals surface area contributed by atoms with Crippen molar-refractivity contribution in [1.29, 1.82) is 0 Å². The van der Waals surface area contributed by atoms with Crippen LogP contribution in [0.1, 0.15) is 36.8 Å². The summed E-state index contributed by atoms with van der Waals surface area (Å²) in [4.78, 5) is 50.5. The smallest absolute Gasteiger partial charge is 0.321 e. The van der Waals surface area contributed by atoms with E-state index in [1.165, 1.54) is 7.11 Å². The van der Waals surface area contributed by atoms with Gasteiger partial charge in [-0.2, -0.15) is 0 Å². The van der Waals surface area contributed by atoms with E-state index in [-0.39, 0.29) is 18.2 Å². The molecule has 1 spiro atoms. The lowest BCUT2D eigenvalue weighted by molar-refractivity contribution is -0.206. The van der Waals surface area contributed by atoms with E-state index in [1.54, 1.807) is 12.1 Å². The fourth-order valence-electron chi connectivity index (χ4n) is 6.71. The first-order valence-corrected chi connectivity index (χ1v) is 12.6. The Hall–Kier alpha value is -3.68. The van der Waals surface area contributed by atoms with Crippen molar-refractivity contribution in [2.24, 2.45) is 11.5 Å². The van der Waals surface area contributed by atoms with Gasteiger partial charge in [-0.25, -0.2) is 0 Å². The average molecular weight is 546 g/mol. The molecule has 0 radical (unpaired) electrons. The number of esters is 2. The third-order valence-electron chi connectivity index (χ3n) is 8.45. The van der Waals surface area contributed by atoms with Crippen molar-refractivity contribution in [2.45, 2.75) is 67.3 Å². The first kappa shape index (κ1) is 26.9. The largest absolute Gasteiger partial charge is 0.493 e. The van der Waals surface area contributed by atoms with E-state index in [9.17, 15) is 24.3 Å². The maximum Gasteiger partial charge on any atom is 0.321 e. The molecule has 1 saturated heterocycles. The Balaban J connectivity index is 1.62. The molecule has 1 aromatic carbocycles. The second-order valence-corrected chi connectivity index (χ2v) is 10.5. The van der Waals surface area contributed by atoms with E-state index < -0.39 is 65.9 Å². The summed E-state index contributed by atoms with van der Waals surface area (Å²) < 4.78 is 24.0. The van der Waals surface area contributed by atoms with Gasteiger partial charge in [-0.05, 0) is 44.1 Å². The van der Waals surface area contributed by atoms with E-state index in [1.807, 2.05) is 13.1 Å². The molecular weight excluding hydrogens is 514 g/mol. The van der Waals surface area contributed by atoms with Crippen LogP contribution >= 0.6 is 0 Å². The number of hydrogen-bond donors (Lipinski definition) is 4. The number of carboxylic acids is 2. The Morgan fingerprint density at radius 2 is 1.79 bits per heavy atom. The Morgan fingerprint density at radius 3 is 2.44 bits per heavy atom. The second kappa shape index (κ2) is 9.50. The summed E-state index contributed by atoms with van der Waals surface area (Å²) in [5.41, 5.74) is 10.8. The topological polar surface area (TPSA) is 201 Å². The first-order valence-electron chi connectivity index (χ1n) is 12.6. The quantitative estimate of drug-likeness (QED) is 0.294. The van der Waals surface area contributed by atoms with Crippen molar-refractivity contribution in [2.75, 3.05) is 20.7 Å². The van der Waals surface area contributed by atoms with Gasteiger partial charge >= 0.3 is 23.9 Å². The highest BCUT2D eigenvalue weighted by Crippen LogP contribution is 2.66. The number of likely N-dealkylation sites (N-methyl/N-ethyl adjacent to an activating group) is 1. The van der Waals surface area contributed by atoms with Crippen LogP contribution in [0.4, 0.5) is 0 Å². The Labute approximate surface area is 223 Å². The number of carboxylic acid groups (broad SMARTS) is 2. The lowest BCUT2D eigenvalue weighted by Crippen LogP contribution is -2.75. The molecule has 210 valence electrons. The van der Waals surface area contributed by atoms with E-state index in [2.05, 4.69) is 4.90 Å². The third kappa shape index (κ3) is 3.95. The second-order valence-electron chi connectivity index (χ2n) is 10.5. The van der Waals surface area contributed by atoms with Crippen molar-refractivity contribution >= 4 is 23.9 Å². The molecule has 1 fully saturated rings. The summed E-state index contributed by atoms with van der Waals surface area (Å²) in [6, 6.07) is 0.570. The Bertz CT molecular complexity index is 1280. The fourth-order valence-corrected chi connectivity index (χ4v) is 6.71. The fraction of sp³-hybridized carbons (Fsp3) is 0.538. The van der Waals surface area contributed by atoms with Gasteiger partial charge in [0.15, 0.2) is 17.6 Å². The van der Waals surface area contributed by atoms with Gasteiger partial charge in [0.2, 0.25) is 0 Å². The van der Waals surface area contributed by atoms with Gasteiger partial charge in [0, 0.05) is 12.0 Å². The minimum absolute atomic E-state index is 0.138. The molecule has 2 unspecified atom stereocenters. The molecular formula is C26H31N3O10. The molecule has 2 heterocycles. The maximum atomic E-state index is 13.2. The van der Waals surface area contributed by atoms with Crippen LogP contribution in [0.5, 0.6) is 11.5 Å². The highest BCUT2D eigenvalue weighted by Gasteiger charge is 2.74. The van der Waals surface area contributed by atoms with Crippen LogP contribution in [0.25, 0.3) is 0 Å². The zero-order valence-corrected chi connectivity index (χ0v) is 21.5. The molecule has 0 saturated carbocycles. The normalized spacial score (nSPS) is 29.7. The van der Waals surface area contributed by atoms with Crippen molar-refractivity contribution in [3.8, 4) is 11.5 Å². The molecule has 0 aromatic heterocycles. The molecule has 6 atom stereocenters. The van der Waals surface area contributed by atoms with Crippen LogP contribution in [0.3, 0.4) is 0 Å². The Morgan fingerprint density at radius 1 is 1.13 bits per heavy atom. The SMILES string of the molecule is COc1ccc2c3c1OC1C(OC(=O)C[C@H](N)C(=O)O)=CC[C@@]4(OC(=O)C[C@H](N)C(=O)O)[C@@H](C2)N(C)CCC314. The van der Waals surface area contributed by atoms with Crippen LogP contribution in [0.15, 0.2) is 24.0 Å². The van der Waals surface area contributed by atoms with Gasteiger partial charge in [-0.3, -0.25) is 24.1 Å². The van der Waals surface area contributed by atoms with Crippen LogP contribution in [-0.4, -0.2) is 89.5 Å². The number of carbonyl (C=O) groups excluding carboxylic acids is 2. The Kier molecular flexibility index (Phi) is 6.56. The summed E-state index contributed by atoms with van der Waals surface area (Å²) in [6.07, 6.45) is 0.762. The molecule has 6 N–H and O–H groups in total. The minimum Gasteiger partial charge on any atom is -0.493 e. The summed E-state index contributed by atoms with van der Waals surface area (Å²) in [6.45, 7) is 0.611. The number of rotatable bonds is 9. The van der Waals surface area contributed by atoms with Gasteiger partial charge in [0.05, 0.1) is 31.4 Å². The van der Waals surface area contributed by atoms with Crippen molar-refractivity contribution in [3.63, 3.8) is 0 Å². The number of likely N-dealkylation sites (tertiary alicyclic amines) is 1. The number of carbonyl (C=O) groups is 4. The molecule has 2 aliphatic heterocycles. The monoisotopic (exact) mass is 545 g/mol. The lowest BCUT2D eigenvalue weighted by atomic mass is 9.50. The zero-order valence-electron chi connectivity index (χ0n) is 21.5. The highest BCUT2D eigenvalue weighted by atomic mass is 16.6. The maximum absolute atomic E-state index is 13.2. The van der Waals surface area contributed by atoms with Crippen LogP contribution in [-0.2, 0) is 40.5 Å². The third-order valence-corrected chi connectivity index (χ3v) is 8.45. The molecule has 5 rings (SSSR count). The number of nitrogens with zero attached hydrogens (tertiary/aromatic N) is 1. The van der Waals surface area contributed by atoms with Gasteiger partial charge < -0.3 is 40.6 Å². The van der Waals surface area contributed by atoms with Gasteiger partial charge in [-0.1, -0.05) is 6.07 Å². The van der Waals surface area contributed by atoms with E-state index in [4.69, 9.17) is 35.5 Å². The van der Waals surface area contributed by atoms with Gasteiger partial charge in [0.25, 0.3) is 0 Å². The minimum atomic E-state index is -1.44. The van der Waals surface area contributed by atoms with Crippen molar-refractivity contribution < 1.29 is 48.3 Å². The number of hydrogen-bond acceptors (Lipinski definition) is 11.